The summed E-state index contributed by atoms with van der Waals surface area (Å²) in [7, 11) is 4.84. The highest BCUT2D eigenvalue weighted by Crippen LogP contribution is 2.67. The number of aromatic nitrogens is 1. The number of para-hydroxylation sites is 1. The molecule has 316 valence electrons. The Labute approximate surface area is 344 Å². The molecule has 2 unspecified atom stereocenters. The van der Waals surface area contributed by atoms with Crippen LogP contribution in [0.4, 0.5) is 5.69 Å². The molecule has 0 radical (unpaired) electrons. The number of amides is 2. The number of nitrogens with one attached hydrogen (secondary N) is 3. The summed E-state index contributed by atoms with van der Waals surface area (Å²) in [6.07, 6.45) is 5.43. The quantitative estimate of drug-likeness (QED) is 0.122. The molecule has 3 fully saturated rings. The number of carbonyl (C=O) groups excluding carboxylic acids is 3. The third-order valence-corrected chi connectivity index (χ3v) is 15.6. The molecule has 2 saturated heterocycles. The average molecular weight is 811 g/mol. The lowest BCUT2D eigenvalue weighted by Crippen LogP contribution is -2.82. The Bertz CT molecular complexity index is 2260. The molecule has 10 atom stereocenters. The lowest BCUT2D eigenvalue weighted by Gasteiger charge is -2.63. The Balaban J connectivity index is 1.34. The van der Waals surface area contributed by atoms with Gasteiger partial charge in [-0.05, 0) is 74.2 Å². The van der Waals surface area contributed by atoms with Crippen molar-refractivity contribution < 1.29 is 39.2 Å². The van der Waals surface area contributed by atoms with Gasteiger partial charge in [0.1, 0.15) is 17.3 Å². The number of aromatic amines is 1. The second-order valence-corrected chi connectivity index (χ2v) is 18.3. The number of ether oxygens (including phenoxy) is 2. The van der Waals surface area contributed by atoms with Crippen molar-refractivity contribution in [1.82, 2.24) is 25.6 Å². The minimum atomic E-state index is -2.41. The van der Waals surface area contributed by atoms with E-state index in [1.54, 1.807) is 7.11 Å². The molecule has 1 aliphatic carbocycles. The van der Waals surface area contributed by atoms with Crippen LogP contribution in [0.25, 0.3) is 10.9 Å². The van der Waals surface area contributed by atoms with Crippen molar-refractivity contribution in [2.24, 2.45) is 11.3 Å². The fourth-order valence-electron chi connectivity index (χ4n) is 13.3. The number of rotatable bonds is 6. The highest BCUT2D eigenvalue weighted by atomic mass is 16.5. The summed E-state index contributed by atoms with van der Waals surface area (Å²) < 4.78 is 12.3. The summed E-state index contributed by atoms with van der Waals surface area (Å²) in [4.78, 5) is 52.2. The smallest absolute Gasteiger partial charge is 0.322 e. The number of hydrazine groups is 1. The van der Waals surface area contributed by atoms with Gasteiger partial charge in [-0.1, -0.05) is 44.2 Å². The number of benzene rings is 2. The predicted molar refractivity (Wildman–Crippen MR) is 221 cm³/mol. The minimum absolute atomic E-state index is 0.109. The zero-order valence-electron chi connectivity index (χ0n) is 34.9. The third kappa shape index (κ3) is 5.25. The molecule has 14 heteroatoms. The highest BCUT2D eigenvalue weighted by molar-refractivity contribution is 5.95. The van der Waals surface area contributed by atoms with Gasteiger partial charge < -0.3 is 34.7 Å². The normalized spacial score (nSPS) is 37.0. The Morgan fingerprint density at radius 1 is 1.00 bits per heavy atom. The van der Waals surface area contributed by atoms with E-state index in [2.05, 4.69) is 37.8 Å². The standard InChI is InChI=1S/C45H58N6O8/c1-7-41(56)22-27-23-44(40(55)59-6,35-29(14-18-50(24-27)25-41)28-12-9-10-13-32(28)46-35)31-20-30-33(21-34(31)58-5)49(4)37-43(30)16-19-51-17-11-15-42(8-2,36(43)51)38(53)45(37,57)39(54)48-47-26(3)52/h9-13,15,20-21,27,36-38,46,53,56-57H,7-8,14,16-19,22-25H2,1-6H3,(H,47,52)(H,48,54)/t27?,36-,37+,38+,41-,42+,43+,44-,45-/m0/s1. The molecule has 59 heavy (non-hydrogen) atoms. The summed E-state index contributed by atoms with van der Waals surface area (Å²) in [5.41, 5.74) is 2.80. The van der Waals surface area contributed by atoms with Gasteiger partial charge in [0, 0.05) is 90.9 Å². The van der Waals surface area contributed by atoms with Gasteiger partial charge in [0.05, 0.1) is 25.9 Å². The first-order chi connectivity index (χ1) is 28.2. The Morgan fingerprint density at radius 3 is 2.49 bits per heavy atom. The number of esters is 1. The molecule has 1 saturated carbocycles. The van der Waals surface area contributed by atoms with Crippen molar-refractivity contribution >= 4 is 34.4 Å². The van der Waals surface area contributed by atoms with Gasteiger partial charge in [-0.15, -0.1) is 0 Å². The van der Waals surface area contributed by atoms with E-state index in [0.717, 1.165) is 27.7 Å². The molecule has 6 heterocycles. The number of likely N-dealkylation sites (N-methyl/N-ethyl adjacent to an activating group) is 1. The van der Waals surface area contributed by atoms with Crippen LogP contribution in [-0.2, 0) is 36.4 Å². The molecule has 2 bridgehead atoms. The van der Waals surface area contributed by atoms with E-state index in [-0.39, 0.29) is 12.0 Å². The van der Waals surface area contributed by atoms with Gasteiger partial charge in [0.2, 0.25) is 5.91 Å². The van der Waals surface area contributed by atoms with Crippen LogP contribution in [-0.4, -0.2) is 131 Å². The molecule has 6 N–H and O–H groups in total. The van der Waals surface area contributed by atoms with Gasteiger partial charge in [0.25, 0.3) is 5.91 Å². The number of nitrogens with zero attached hydrogens (tertiary/aromatic N) is 3. The lowest BCUT2D eigenvalue weighted by molar-refractivity contribution is -0.204. The number of H-pyrrole nitrogens is 1. The molecule has 9 rings (SSSR count). The summed E-state index contributed by atoms with van der Waals surface area (Å²) in [6.45, 7) is 8.47. The summed E-state index contributed by atoms with van der Waals surface area (Å²) in [5, 5.41) is 38.7. The van der Waals surface area contributed by atoms with Crippen molar-refractivity contribution in [1.29, 1.82) is 0 Å². The largest absolute Gasteiger partial charge is 0.496 e. The second-order valence-electron chi connectivity index (χ2n) is 18.3. The maximum atomic E-state index is 15.3. The Kier molecular flexibility index (Phi) is 9.33. The molecule has 5 aliphatic heterocycles. The van der Waals surface area contributed by atoms with E-state index in [9.17, 15) is 24.9 Å². The van der Waals surface area contributed by atoms with Crippen LogP contribution in [0.5, 0.6) is 5.75 Å². The highest BCUT2D eigenvalue weighted by Gasteiger charge is 2.78. The van der Waals surface area contributed by atoms with Gasteiger partial charge in [-0.3, -0.25) is 35.0 Å². The number of aliphatic hydroxyl groups excluding tert-OH is 1. The molecule has 1 aromatic heterocycles. The number of aliphatic hydroxyl groups is 3. The Morgan fingerprint density at radius 2 is 1.78 bits per heavy atom. The van der Waals surface area contributed by atoms with Gasteiger partial charge in [-0.25, -0.2) is 0 Å². The molecule has 1 spiro atoms. The first-order valence-electron chi connectivity index (χ1n) is 21.2. The van der Waals surface area contributed by atoms with Crippen molar-refractivity contribution in [2.45, 2.75) is 99.5 Å². The van der Waals surface area contributed by atoms with Crippen LogP contribution >= 0.6 is 0 Å². The molecule has 14 nitrogen and oxygen atoms in total. The summed E-state index contributed by atoms with van der Waals surface area (Å²) in [6, 6.07) is 10.8. The number of methoxy groups -OCH3 is 2. The maximum Gasteiger partial charge on any atom is 0.322 e. The first-order valence-corrected chi connectivity index (χ1v) is 21.2. The van der Waals surface area contributed by atoms with Crippen LogP contribution in [0.1, 0.15) is 75.3 Å². The van der Waals surface area contributed by atoms with E-state index in [1.165, 1.54) is 14.0 Å². The van der Waals surface area contributed by atoms with E-state index < -0.39 is 57.4 Å². The van der Waals surface area contributed by atoms with Crippen LogP contribution in [0.15, 0.2) is 48.6 Å². The number of anilines is 1. The summed E-state index contributed by atoms with van der Waals surface area (Å²) >= 11 is 0. The monoisotopic (exact) mass is 810 g/mol. The fourth-order valence-corrected chi connectivity index (χ4v) is 13.3. The topological polar surface area (TPSA) is 180 Å². The molecule has 3 aromatic rings. The van der Waals surface area contributed by atoms with Gasteiger partial charge in [-0.2, -0.15) is 0 Å². The zero-order valence-corrected chi connectivity index (χ0v) is 34.9. The fraction of sp³-hybridized carbons (Fsp3) is 0.578. The van der Waals surface area contributed by atoms with E-state index in [4.69, 9.17) is 9.47 Å². The molecule has 2 amide bonds. The lowest BCUT2D eigenvalue weighted by atomic mass is 9.47. The van der Waals surface area contributed by atoms with Crippen LogP contribution in [0, 0.1) is 11.3 Å². The minimum Gasteiger partial charge on any atom is -0.496 e. The van der Waals surface area contributed by atoms with E-state index >= 15 is 4.79 Å². The molecule has 6 aliphatic rings. The van der Waals surface area contributed by atoms with Gasteiger partial charge >= 0.3 is 5.97 Å². The number of piperidine rings is 1. The van der Waals surface area contributed by atoms with Crippen LogP contribution in [0.3, 0.4) is 0 Å². The summed E-state index contributed by atoms with van der Waals surface area (Å²) in [5.74, 6) is -1.56. The zero-order chi connectivity index (χ0) is 41.9. The Hall–Kier alpha value is -4.47. The molecular weight excluding hydrogens is 753 g/mol. The van der Waals surface area contributed by atoms with Crippen molar-refractivity contribution in [2.75, 3.05) is 58.9 Å². The first kappa shape index (κ1) is 40.0. The maximum absolute atomic E-state index is 15.3. The average Bonchev–Trinajstić information content (AvgIpc) is 3.89. The SMILES string of the molecule is CC[C@]1(O)CC2CN(CCc3c([nH]c4ccccc34)[C@@](C(=O)OC)(c3cc4c(cc3OC)N(C)[C@H]3[C@@](O)(C(=O)NNC(C)=O)[C@H](O)[C@]5(CC)C=CCN6CC[C@]43[C@@H]65)C2)C1. The van der Waals surface area contributed by atoms with Crippen LogP contribution in [0.2, 0.25) is 0 Å². The third-order valence-electron chi connectivity index (χ3n) is 15.6. The second kappa shape index (κ2) is 13.8. The van der Waals surface area contributed by atoms with E-state index in [0.29, 0.717) is 88.2 Å². The van der Waals surface area contributed by atoms with Crippen molar-refractivity contribution in [3.63, 3.8) is 0 Å². The number of hydrogen-bond acceptors (Lipinski definition) is 11. The number of carbonyl (C=O) groups is 3. The van der Waals surface area contributed by atoms with Crippen molar-refractivity contribution in [3.8, 4) is 5.75 Å². The van der Waals surface area contributed by atoms with Crippen LogP contribution < -0.4 is 20.5 Å². The van der Waals surface area contributed by atoms with Crippen molar-refractivity contribution in [3.05, 3.63) is 70.9 Å². The number of hydrogen-bond donors (Lipinski definition) is 6. The molecular formula is C45H58N6O8. The number of fused-ring (bicyclic) bond motifs is 6. The van der Waals surface area contributed by atoms with E-state index in [1.807, 2.05) is 62.2 Å². The molecule has 2 aromatic carbocycles. The predicted octanol–water partition coefficient (Wildman–Crippen LogP) is 2.41. The van der Waals surface area contributed by atoms with Gasteiger partial charge in [0.15, 0.2) is 5.60 Å².